The molecular formula is C42H35N3O4S3. The van der Waals surface area contributed by atoms with E-state index in [4.69, 9.17) is 12.2 Å². The molecule has 1 N–H and O–H groups in total. The highest BCUT2D eigenvalue weighted by Gasteiger charge is 2.42. The van der Waals surface area contributed by atoms with Gasteiger partial charge in [0.15, 0.2) is 0 Å². The summed E-state index contributed by atoms with van der Waals surface area (Å²) in [5.41, 5.74) is 8.67. The summed E-state index contributed by atoms with van der Waals surface area (Å²) in [5, 5.41) is 9.62. The standard InChI is InChI=1S/C42H35N3O4S3/c1-2-43-40(49)38(52-42(43)50)41-44(25-37(46)47)39(48)36(51-41)24-27-18-21-35-33(23-27)31-14-9-15-34(31)45(35)30-19-16-26(17-20-30)22-32(28-10-5-3-6-11-28)29-12-7-4-8-13-29/h3-8,10-13,16-24,31,34H,2,9,14-15,25H2,1H3,(H,46,47)/t31-,34-/m1/s1. The number of carbonyl (C=O) groups excluding carboxylic acids is 1. The van der Waals surface area contributed by atoms with Crippen LogP contribution in [0.5, 0.6) is 0 Å². The van der Waals surface area contributed by atoms with Crippen molar-refractivity contribution in [3.05, 3.63) is 150 Å². The summed E-state index contributed by atoms with van der Waals surface area (Å²) in [6.07, 6.45) is 7.41. The predicted octanol–water partition coefficient (Wildman–Crippen LogP) is 7.19. The molecule has 1 saturated heterocycles. The lowest BCUT2D eigenvalue weighted by molar-refractivity contribution is -0.137. The maximum absolute atomic E-state index is 13.6. The molecule has 3 heterocycles. The van der Waals surface area contributed by atoms with Gasteiger partial charge in [0, 0.05) is 29.9 Å². The Bertz CT molecular complexity index is 2390. The van der Waals surface area contributed by atoms with Gasteiger partial charge in [-0.3, -0.25) is 23.9 Å². The van der Waals surface area contributed by atoms with Crippen molar-refractivity contribution in [1.29, 1.82) is 0 Å². The highest BCUT2D eigenvalue weighted by Crippen LogP contribution is 2.52. The Kier molecular flexibility index (Phi) is 9.29. The fourth-order valence-electron chi connectivity index (χ4n) is 7.69. The molecule has 0 bridgehead atoms. The number of thiazole rings is 1. The molecule has 260 valence electrons. The molecule has 0 unspecified atom stereocenters. The number of amides is 1. The van der Waals surface area contributed by atoms with Crippen molar-refractivity contribution in [3.8, 4) is 0 Å². The van der Waals surface area contributed by atoms with Gasteiger partial charge in [0.2, 0.25) is 0 Å². The molecule has 52 heavy (non-hydrogen) atoms. The molecule has 2 atom stereocenters. The van der Waals surface area contributed by atoms with Crippen LogP contribution in [0.3, 0.4) is 0 Å². The van der Waals surface area contributed by atoms with Crippen LogP contribution < -0.4 is 19.7 Å². The minimum Gasteiger partial charge on any atom is -0.480 e. The third-order valence-corrected chi connectivity index (χ3v) is 12.7. The number of fused-ring (bicyclic) bond motifs is 3. The maximum Gasteiger partial charge on any atom is 0.323 e. The number of benzene rings is 4. The fourth-order valence-corrected chi connectivity index (χ4v) is 10.3. The SMILES string of the molecule is CCN1C(=O)C(=c2sc(=Cc3ccc4c(c3)[C@H]3CCC[C@H]3N4c3ccc(C=C(c4ccccc4)c4ccccc4)cc3)c(=O)n2CC(=O)O)SC1=S. The van der Waals surface area contributed by atoms with Crippen molar-refractivity contribution < 1.29 is 14.7 Å². The van der Waals surface area contributed by atoms with Gasteiger partial charge in [-0.1, -0.05) is 109 Å². The molecule has 1 amide bonds. The number of thiocarbonyl (C=S) groups is 1. The Hall–Kier alpha value is -5.03. The Morgan fingerprint density at radius 2 is 1.58 bits per heavy atom. The minimum atomic E-state index is -1.15. The van der Waals surface area contributed by atoms with E-state index in [-0.39, 0.29) is 5.91 Å². The Morgan fingerprint density at radius 3 is 2.21 bits per heavy atom. The Labute approximate surface area is 314 Å². The van der Waals surface area contributed by atoms with E-state index < -0.39 is 18.1 Å². The lowest BCUT2D eigenvalue weighted by Gasteiger charge is -2.27. The van der Waals surface area contributed by atoms with E-state index in [0.717, 1.165) is 59.2 Å². The van der Waals surface area contributed by atoms with Gasteiger partial charge >= 0.3 is 5.97 Å². The third-order valence-electron chi connectivity index (χ3n) is 10.0. The van der Waals surface area contributed by atoms with Gasteiger partial charge in [-0.25, -0.2) is 0 Å². The van der Waals surface area contributed by atoms with Gasteiger partial charge in [0.1, 0.15) is 20.4 Å². The highest BCUT2D eigenvalue weighted by molar-refractivity contribution is 8.30. The number of carboxylic acid groups (broad SMARTS) is 1. The first-order valence-corrected chi connectivity index (χ1v) is 19.4. The summed E-state index contributed by atoms with van der Waals surface area (Å²) in [6.45, 7) is 1.70. The average molecular weight is 742 g/mol. The van der Waals surface area contributed by atoms with E-state index >= 15 is 0 Å². The number of carbonyl (C=O) groups is 2. The van der Waals surface area contributed by atoms with Gasteiger partial charge in [-0.05, 0) is 89.6 Å². The van der Waals surface area contributed by atoms with E-state index in [0.29, 0.717) is 36.9 Å². The van der Waals surface area contributed by atoms with E-state index in [1.54, 1.807) is 0 Å². The van der Waals surface area contributed by atoms with E-state index in [1.807, 2.05) is 31.2 Å². The molecule has 1 aliphatic carbocycles. The second kappa shape index (κ2) is 14.2. The van der Waals surface area contributed by atoms with Gasteiger partial charge in [0.05, 0.1) is 4.53 Å². The zero-order chi connectivity index (χ0) is 35.9. The molecule has 3 aliphatic rings. The predicted molar refractivity (Wildman–Crippen MR) is 215 cm³/mol. The molecule has 2 fully saturated rings. The van der Waals surface area contributed by atoms with Crippen molar-refractivity contribution in [2.24, 2.45) is 0 Å². The van der Waals surface area contributed by atoms with E-state index in [1.165, 1.54) is 37.4 Å². The van der Waals surface area contributed by atoms with Crippen LogP contribution in [0.4, 0.5) is 11.4 Å². The average Bonchev–Trinajstić information content (AvgIpc) is 3.90. The number of aromatic nitrogens is 1. The normalized spacial score (nSPS) is 19.3. The van der Waals surface area contributed by atoms with Crippen molar-refractivity contribution in [2.45, 2.75) is 44.7 Å². The number of anilines is 2. The van der Waals surface area contributed by atoms with Crippen molar-refractivity contribution in [3.63, 3.8) is 0 Å². The van der Waals surface area contributed by atoms with Crippen molar-refractivity contribution in [1.82, 2.24) is 9.47 Å². The Morgan fingerprint density at radius 1 is 0.904 bits per heavy atom. The summed E-state index contributed by atoms with van der Waals surface area (Å²) in [6, 6.07) is 36.5. The monoisotopic (exact) mass is 741 g/mol. The molecule has 4 aromatic carbocycles. The van der Waals surface area contributed by atoms with Crippen LogP contribution >= 0.6 is 35.3 Å². The summed E-state index contributed by atoms with van der Waals surface area (Å²) in [5.74, 6) is -1.08. The first kappa shape index (κ1) is 34.1. The first-order chi connectivity index (χ1) is 25.3. The van der Waals surface area contributed by atoms with Crippen molar-refractivity contribution >= 4 is 85.5 Å². The summed E-state index contributed by atoms with van der Waals surface area (Å²) in [7, 11) is 0. The number of nitrogens with zero attached hydrogens (tertiary/aromatic N) is 3. The number of rotatable bonds is 8. The number of thioether (sulfide) groups is 1. The molecule has 1 aromatic heterocycles. The van der Waals surface area contributed by atoms with E-state index in [9.17, 15) is 19.5 Å². The fraction of sp³-hybridized carbons (Fsp3) is 0.190. The van der Waals surface area contributed by atoms with Crippen LogP contribution in [-0.4, -0.2) is 43.4 Å². The number of hydrogen-bond acceptors (Lipinski definition) is 7. The smallest absolute Gasteiger partial charge is 0.323 e. The first-order valence-electron chi connectivity index (χ1n) is 17.4. The van der Waals surface area contributed by atoms with Crippen LogP contribution in [0.2, 0.25) is 0 Å². The lowest BCUT2D eigenvalue weighted by Crippen LogP contribution is -2.35. The highest BCUT2D eigenvalue weighted by atomic mass is 32.2. The largest absolute Gasteiger partial charge is 0.480 e. The molecule has 10 heteroatoms. The zero-order valence-corrected chi connectivity index (χ0v) is 30.8. The quantitative estimate of drug-likeness (QED) is 0.133. The minimum absolute atomic E-state index is 0.297. The summed E-state index contributed by atoms with van der Waals surface area (Å²) in [4.78, 5) is 42.8. The number of aliphatic carboxylic acids is 1. The van der Waals surface area contributed by atoms with Crippen LogP contribution in [0, 0.1) is 0 Å². The third kappa shape index (κ3) is 6.25. The van der Waals surface area contributed by atoms with Crippen LogP contribution in [-0.2, 0) is 16.1 Å². The molecule has 5 aromatic rings. The zero-order valence-electron chi connectivity index (χ0n) is 28.4. The molecule has 8 rings (SSSR count). The molecule has 7 nitrogen and oxygen atoms in total. The topological polar surface area (TPSA) is 82.9 Å². The number of hydrogen-bond donors (Lipinski definition) is 1. The molecule has 1 saturated carbocycles. The second-order valence-corrected chi connectivity index (χ2v) is 15.8. The van der Waals surface area contributed by atoms with Crippen LogP contribution in [0.15, 0.2) is 108 Å². The summed E-state index contributed by atoms with van der Waals surface area (Å²) >= 11 is 7.65. The maximum atomic E-state index is 13.6. The summed E-state index contributed by atoms with van der Waals surface area (Å²) < 4.78 is 2.29. The van der Waals surface area contributed by atoms with Gasteiger partial charge in [0.25, 0.3) is 11.5 Å². The van der Waals surface area contributed by atoms with E-state index in [2.05, 4.69) is 95.9 Å². The van der Waals surface area contributed by atoms with Gasteiger partial charge in [-0.2, -0.15) is 0 Å². The van der Waals surface area contributed by atoms with Gasteiger partial charge in [-0.15, -0.1) is 11.3 Å². The second-order valence-electron chi connectivity index (χ2n) is 13.1. The lowest BCUT2D eigenvalue weighted by atomic mass is 9.95. The molecule has 0 spiro atoms. The van der Waals surface area contributed by atoms with Crippen LogP contribution in [0.25, 0.3) is 22.6 Å². The molecular weight excluding hydrogens is 707 g/mol. The molecule has 0 radical (unpaired) electrons. The van der Waals surface area contributed by atoms with Gasteiger partial charge < -0.3 is 10.0 Å². The van der Waals surface area contributed by atoms with Crippen molar-refractivity contribution in [2.75, 3.05) is 11.4 Å². The van der Waals surface area contributed by atoms with Crippen LogP contribution in [0.1, 0.15) is 59.9 Å². The Balaban J connectivity index is 1.15. The molecule has 2 aliphatic heterocycles. The number of carboxylic acids is 1.